The molecule has 2 fully saturated rings. The van der Waals surface area contributed by atoms with Crippen molar-refractivity contribution in [2.75, 3.05) is 13.1 Å². The average molecular weight is 300 g/mol. The van der Waals surface area contributed by atoms with E-state index in [9.17, 15) is 10.1 Å². The highest BCUT2D eigenvalue weighted by atomic mass is 16.2. The Bertz CT molecular complexity index is 580. The second-order valence-electron chi connectivity index (χ2n) is 6.68. The van der Waals surface area contributed by atoms with Crippen molar-refractivity contribution in [3.63, 3.8) is 0 Å². The SMILES string of the molecule is Cc1nccn1[C@H]1CCCN(C(=O)C2(C#N)CCCCC2)C1. The number of imidazole rings is 1. The van der Waals surface area contributed by atoms with Crippen LogP contribution < -0.4 is 0 Å². The van der Waals surface area contributed by atoms with E-state index in [1.54, 1.807) is 0 Å². The Morgan fingerprint density at radius 1 is 1.36 bits per heavy atom. The van der Waals surface area contributed by atoms with Gasteiger partial charge in [0.15, 0.2) is 0 Å². The molecular formula is C17H24N4O. The normalized spacial score (nSPS) is 24.7. The number of piperidine rings is 1. The predicted molar refractivity (Wildman–Crippen MR) is 82.9 cm³/mol. The average Bonchev–Trinajstić information content (AvgIpc) is 3.01. The highest BCUT2D eigenvalue weighted by Gasteiger charge is 2.43. The zero-order valence-electron chi connectivity index (χ0n) is 13.3. The Hall–Kier alpha value is -1.83. The molecule has 118 valence electrons. The number of rotatable bonds is 2. The number of carbonyl (C=O) groups is 1. The van der Waals surface area contributed by atoms with Crippen LogP contribution in [0.15, 0.2) is 12.4 Å². The quantitative estimate of drug-likeness (QED) is 0.843. The number of aryl methyl sites for hydroxylation is 1. The highest BCUT2D eigenvalue weighted by molar-refractivity contribution is 5.85. The summed E-state index contributed by atoms with van der Waals surface area (Å²) in [7, 11) is 0. The fourth-order valence-electron chi connectivity index (χ4n) is 3.97. The van der Waals surface area contributed by atoms with E-state index in [-0.39, 0.29) is 5.91 Å². The first-order chi connectivity index (χ1) is 10.7. The molecule has 1 atom stereocenters. The number of amides is 1. The second kappa shape index (κ2) is 6.12. The largest absolute Gasteiger partial charge is 0.339 e. The van der Waals surface area contributed by atoms with E-state index in [0.29, 0.717) is 12.6 Å². The number of nitrogens with zero attached hydrogens (tertiary/aromatic N) is 4. The molecule has 22 heavy (non-hydrogen) atoms. The van der Waals surface area contributed by atoms with Crippen molar-refractivity contribution in [1.29, 1.82) is 5.26 Å². The van der Waals surface area contributed by atoms with Gasteiger partial charge in [0, 0.05) is 25.5 Å². The van der Waals surface area contributed by atoms with Crippen LogP contribution in [0, 0.1) is 23.7 Å². The molecular weight excluding hydrogens is 276 g/mol. The maximum absolute atomic E-state index is 13.0. The smallest absolute Gasteiger partial charge is 0.243 e. The summed E-state index contributed by atoms with van der Waals surface area (Å²) in [5, 5.41) is 9.62. The maximum atomic E-state index is 13.0. The Kier molecular flexibility index (Phi) is 4.19. The van der Waals surface area contributed by atoms with Crippen LogP contribution in [0.1, 0.15) is 56.8 Å². The lowest BCUT2D eigenvalue weighted by molar-refractivity contribution is -0.142. The van der Waals surface area contributed by atoms with Gasteiger partial charge >= 0.3 is 0 Å². The van der Waals surface area contributed by atoms with E-state index >= 15 is 0 Å². The summed E-state index contributed by atoms with van der Waals surface area (Å²) < 4.78 is 2.17. The molecule has 0 bridgehead atoms. The summed E-state index contributed by atoms with van der Waals surface area (Å²) in [4.78, 5) is 19.2. The van der Waals surface area contributed by atoms with Crippen molar-refractivity contribution in [2.45, 2.75) is 57.9 Å². The molecule has 1 amide bonds. The first-order valence-electron chi connectivity index (χ1n) is 8.36. The molecule has 0 radical (unpaired) electrons. The van der Waals surface area contributed by atoms with Crippen molar-refractivity contribution in [2.24, 2.45) is 5.41 Å². The van der Waals surface area contributed by atoms with Crippen LogP contribution in [-0.4, -0.2) is 33.4 Å². The molecule has 1 saturated carbocycles. The minimum absolute atomic E-state index is 0.0668. The van der Waals surface area contributed by atoms with Crippen molar-refractivity contribution in [3.8, 4) is 6.07 Å². The molecule has 5 heteroatoms. The summed E-state index contributed by atoms with van der Waals surface area (Å²) in [6.07, 6.45) is 10.5. The number of nitriles is 1. The zero-order chi connectivity index (χ0) is 15.6. The summed E-state index contributed by atoms with van der Waals surface area (Å²) in [6.45, 7) is 3.49. The van der Waals surface area contributed by atoms with Crippen LogP contribution in [0.3, 0.4) is 0 Å². The van der Waals surface area contributed by atoms with E-state index in [2.05, 4.69) is 15.6 Å². The number of aromatic nitrogens is 2. The Labute approximate surface area is 131 Å². The molecule has 1 aromatic heterocycles. The summed E-state index contributed by atoms with van der Waals surface area (Å²) in [5.74, 6) is 1.06. The lowest BCUT2D eigenvalue weighted by atomic mass is 9.74. The van der Waals surface area contributed by atoms with Crippen LogP contribution >= 0.6 is 0 Å². The fraction of sp³-hybridized carbons (Fsp3) is 0.706. The van der Waals surface area contributed by atoms with Crippen LogP contribution in [-0.2, 0) is 4.79 Å². The van der Waals surface area contributed by atoms with E-state index < -0.39 is 5.41 Å². The van der Waals surface area contributed by atoms with Gasteiger partial charge in [-0.3, -0.25) is 4.79 Å². The van der Waals surface area contributed by atoms with Gasteiger partial charge in [-0.1, -0.05) is 19.3 Å². The van der Waals surface area contributed by atoms with Crippen molar-refractivity contribution >= 4 is 5.91 Å². The van der Waals surface area contributed by atoms with Crippen LogP contribution in [0.2, 0.25) is 0 Å². The van der Waals surface area contributed by atoms with Crippen molar-refractivity contribution < 1.29 is 4.79 Å². The van der Waals surface area contributed by atoms with Crippen LogP contribution in [0.5, 0.6) is 0 Å². The Morgan fingerprint density at radius 2 is 2.14 bits per heavy atom. The molecule has 0 N–H and O–H groups in total. The van der Waals surface area contributed by atoms with Gasteiger partial charge in [0.25, 0.3) is 0 Å². The third kappa shape index (κ3) is 2.63. The van der Waals surface area contributed by atoms with Gasteiger partial charge in [0.2, 0.25) is 5.91 Å². The predicted octanol–water partition coefficient (Wildman–Crippen LogP) is 2.83. The molecule has 1 aromatic rings. The van der Waals surface area contributed by atoms with Gasteiger partial charge in [-0.25, -0.2) is 4.98 Å². The van der Waals surface area contributed by atoms with E-state index in [0.717, 1.165) is 57.3 Å². The number of likely N-dealkylation sites (tertiary alicyclic amines) is 1. The van der Waals surface area contributed by atoms with Crippen LogP contribution in [0.25, 0.3) is 0 Å². The maximum Gasteiger partial charge on any atom is 0.243 e. The molecule has 3 rings (SSSR count). The van der Waals surface area contributed by atoms with E-state index in [1.807, 2.05) is 24.2 Å². The van der Waals surface area contributed by atoms with Gasteiger partial charge < -0.3 is 9.47 Å². The minimum atomic E-state index is -0.760. The molecule has 0 spiro atoms. The first kappa shape index (κ1) is 15.1. The Balaban J connectivity index is 1.75. The van der Waals surface area contributed by atoms with E-state index in [1.165, 1.54) is 0 Å². The summed E-state index contributed by atoms with van der Waals surface area (Å²) in [5.41, 5.74) is -0.760. The minimum Gasteiger partial charge on any atom is -0.339 e. The first-order valence-corrected chi connectivity index (χ1v) is 8.36. The molecule has 2 aliphatic rings. The fourth-order valence-corrected chi connectivity index (χ4v) is 3.97. The van der Waals surface area contributed by atoms with E-state index in [4.69, 9.17) is 0 Å². The molecule has 1 aliphatic carbocycles. The second-order valence-corrected chi connectivity index (χ2v) is 6.68. The highest BCUT2D eigenvalue weighted by Crippen LogP contribution is 2.38. The summed E-state index contributed by atoms with van der Waals surface area (Å²) in [6, 6.07) is 2.66. The lowest BCUT2D eigenvalue weighted by Crippen LogP contribution is -2.48. The third-order valence-electron chi connectivity index (χ3n) is 5.27. The molecule has 0 aromatic carbocycles. The Morgan fingerprint density at radius 3 is 2.77 bits per heavy atom. The monoisotopic (exact) mass is 300 g/mol. The van der Waals surface area contributed by atoms with Gasteiger partial charge in [0.1, 0.15) is 11.2 Å². The van der Waals surface area contributed by atoms with Crippen molar-refractivity contribution in [3.05, 3.63) is 18.2 Å². The van der Waals surface area contributed by atoms with Gasteiger partial charge in [-0.15, -0.1) is 0 Å². The van der Waals surface area contributed by atoms with Gasteiger partial charge in [-0.05, 0) is 32.6 Å². The standard InChI is InChI=1S/C17H24N4O/c1-14-19-9-11-21(14)15-6-5-10-20(12-15)16(22)17(13-18)7-3-2-4-8-17/h9,11,15H,2-8,10,12H2,1H3/t15-/m0/s1. The summed E-state index contributed by atoms with van der Waals surface area (Å²) >= 11 is 0. The number of hydrogen-bond donors (Lipinski definition) is 0. The van der Waals surface area contributed by atoms with Gasteiger partial charge in [0.05, 0.1) is 12.1 Å². The number of hydrogen-bond acceptors (Lipinski definition) is 3. The lowest BCUT2D eigenvalue weighted by Gasteiger charge is -2.39. The van der Waals surface area contributed by atoms with Gasteiger partial charge in [-0.2, -0.15) is 5.26 Å². The third-order valence-corrected chi connectivity index (χ3v) is 5.27. The topological polar surface area (TPSA) is 61.9 Å². The van der Waals surface area contributed by atoms with Crippen molar-refractivity contribution in [1.82, 2.24) is 14.5 Å². The molecule has 0 unspecified atom stereocenters. The molecule has 2 heterocycles. The zero-order valence-corrected chi connectivity index (χ0v) is 13.3. The number of carbonyl (C=O) groups excluding carboxylic acids is 1. The van der Waals surface area contributed by atoms with Crippen LogP contribution in [0.4, 0.5) is 0 Å². The molecule has 5 nitrogen and oxygen atoms in total. The molecule has 1 saturated heterocycles. The molecule has 1 aliphatic heterocycles.